The molecule has 0 aliphatic carbocycles. The Morgan fingerprint density at radius 2 is 2.20 bits per heavy atom. The Morgan fingerprint density at radius 1 is 1.60 bits per heavy atom. The van der Waals surface area contributed by atoms with Crippen LogP contribution in [0.15, 0.2) is 0 Å². The zero-order valence-electron chi connectivity index (χ0n) is 7.82. The Bertz CT molecular complexity index is 266. The highest BCUT2D eigenvalue weighted by Crippen LogP contribution is 2.48. The summed E-state index contributed by atoms with van der Waals surface area (Å²) in [5.41, 5.74) is 0. The molecule has 1 aliphatic rings. The van der Waals surface area contributed by atoms with Crippen molar-refractivity contribution >= 4 is 38.7 Å². The van der Waals surface area contributed by atoms with Crippen molar-refractivity contribution in [3.05, 3.63) is 0 Å². The minimum atomic E-state index is -4.20. The molecule has 1 aliphatic heterocycles. The number of phosphoric acid groups is 1. The van der Waals surface area contributed by atoms with Crippen LogP contribution in [0.5, 0.6) is 0 Å². The van der Waals surface area contributed by atoms with Crippen LogP contribution in [-0.2, 0) is 16.7 Å². The van der Waals surface area contributed by atoms with Crippen molar-refractivity contribution in [3.8, 4) is 0 Å². The van der Waals surface area contributed by atoms with Gasteiger partial charge in [0.05, 0.1) is 12.6 Å². The summed E-state index contributed by atoms with van der Waals surface area (Å²) in [6.07, 6.45) is -2.98. The molecule has 1 heterocycles. The van der Waals surface area contributed by atoms with Gasteiger partial charge >= 0.3 is 7.82 Å². The second kappa shape index (κ2) is 5.41. The Hall–Kier alpha value is 0.785. The minimum absolute atomic E-state index is 0.409. The molecule has 0 aromatic rings. The van der Waals surface area contributed by atoms with Gasteiger partial charge < -0.3 is 19.8 Å². The molecule has 3 unspecified atom stereocenters. The molecule has 0 aromatic carbocycles. The van der Waals surface area contributed by atoms with E-state index in [1.807, 2.05) is 0 Å². The molecule has 1 rings (SSSR count). The molecule has 5 atom stereocenters. The first-order valence-electron chi connectivity index (χ1n) is 4.17. The molecule has 0 saturated carbocycles. The number of phosphoric ester groups is 1. The summed E-state index contributed by atoms with van der Waals surface area (Å²) >= 11 is 1.23. The van der Waals surface area contributed by atoms with Crippen molar-refractivity contribution in [2.45, 2.75) is 24.3 Å². The first-order chi connectivity index (χ1) is 6.91. The predicted molar refractivity (Wildman–Crippen MR) is 60.1 cm³/mol. The van der Waals surface area contributed by atoms with Crippen molar-refractivity contribution in [2.75, 3.05) is 6.61 Å². The van der Waals surface area contributed by atoms with Gasteiger partial charge in [-0.15, -0.1) is 0 Å². The van der Waals surface area contributed by atoms with Crippen LogP contribution in [0.2, 0.25) is 0 Å². The number of aliphatic hydroxyl groups is 2. The average molecular weight is 352 g/mol. The van der Waals surface area contributed by atoms with Crippen LogP contribution in [0, 0.1) is 0 Å². The molecule has 0 aromatic heterocycles. The Labute approximate surface area is 101 Å². The lowest BCUT2D eigenvalue weighted by molar-refractivity contribution is -0.00627. The predicted octanol–water partition coefficient (Wildman–Crippen LogP) is -1.45. The van der Waals surface area contributed by atoms with E-state index in [4.69, 9.17) is 14.7 Å². The fourth-order valence-corrected chi connectivity index (χ4v) is 2.25. The maximum absolute atomic E-state index is 11.1. The van der Waals surface area contributed by atoms with Gasteiger partial charge in [0, 0.05) is 0 Å². The van der Waals surface area contributed by atoms with Gasteiger partial charge in [0.25, 0.3) is 0 Å². The second-order valence-corrected chi connectivity index (χ2v) is 5.63. The zero-order chi connectivity index (χ0) is 11.6. The van der Waals surface area contributed by atoms with E-state index in [9.17, 15) is 9.67 Å². The van der Waals surface area contributed by atoms with E-state index in [2.05, 4.69) is 7.38 Å². The molecule has 1 fully saturated rings. The molecule has 0 bridgehead atoms. The summed E-state index contributed by atoms with van der Waals surface area (Å²) in [6, 6.07) is -0.568. The number of aliphatic hydroxyl groups excluding tert-OH is 2. The summed E-state index contributed by atoms with van der Waals surface area (Å²) < 4.78 is 25.1. The van der Waals surface area contributed by atoms with E-state index >= 15 is 0 Å². The summed E-state index contributed by atoms with van der Waals surface area (Å²) in [6.45, 7) is -0.409. The van der Waals surface area contributed by atoms with E-state index in [0.717, 1.165) is 0 Å². The fourth-order valence-electron chi connectivity index (χ4n) is 1.37. The normalized spacial score (nSPS) is 40.3. The molecule has 0 amide bonds. The smallest absolute Gasteiger partial charge is 0.394 e. The van der Waals surface area contributed by atoms with Crippen LogP contribution >= 0.6 is 30.8 Å². The number of halogens is 1. The molecular weight excluding hydrogens is 341 g/mol. The van der Waals surface area contributed by atoms with E-state index in [0.29, 0.717) is 0 Å². The number of hydrogen-bond acceptors (Lipinski definition) is 6. The highest BCUT2D eigenvalue weighted by Gasteiger charge is 2.45. The summed E-state index contributed by atoms with van der Waals surface area (Å²) in [5.74, 6) is 0. The highest BCUT2D eigenvalue weighted by atomic mass is 127. The fraction of sp³-hybridized carbons (Fsp3) is 1.00. The molecule has 1 saturated heterocycles. The molecule has 0 radical (unpaired) electrons. The largest absolute Gasteiger partial charge is 0.482 e. The third kappa shape index (κ3) is 3.37. The molecule has 88 valence electrons. The summed E-state index contributed by atoms with van der Waals surface area (Å²) in [7, 11) is -2.63. The van der Waals surface area contributed by atoms with Crippen molar-refractivity contribution in [1.82, 2.24) is 0 Å². The van der Waals surface area contributed by atoms with Gasteiger partial charge in [0.15, 0.2) is 0 Å². The maximum atomic E-state index is 11.1. The molecular formula is C5H11BIO7P. The first kappa shape index (κ1) is 13.8. The average Bonchev–Trinajstić information content (AvgIpc) is 2.45. The lowest BCUT2D eigenvalue weighted by atomic mass is 9.93. The van der Waals surface area contributed by atoms with Gasteiger partial charge in [-0.25, -0.2) is 7.42 Å². The van der Waals surface area contributed by atoms with Gasteiger partial charge in [0.2, 0.25) is 0 Å². The van der Waals surface area contributed by atoms with Crippen LogP contribution in [0.3, 0.4) is 0 Å². The summed E-state index contributed by atoms with van der Waals surface area (Å²) in [4.78, 5) is 9.06. The van der Waals surface area contributed by atoms with E-state index in [1.54, 1.807) is 7.85 Å². The van der Waals surface area contributed by atoms with Crippen molar-refractivity contribution in [3.63, 3.8) is 0 Å². The minimum Gasteiger partial charge on any atom is -0.394 e. The van der Waals surface area contributed by atoms with E-state index in [-0.39, 0.29) is 0 Å². The van der Waals surface area contributed by atoms with Crippen LogP contribution in [0.4, 0.5) is 0 Å². The van der Waals surface area contributed by atoms with E-state index < -0.39 is 38.7 Å². The molecule has 10 heteroatoms. The van der Waals surface area contributed by atoms with Gasteiger partial charge in [-0.3, -0.25) is 4.52 Å². The van der Waals surface area contributed by atoms with Crippen LogP contribution in [-0.4, -0.2) is 53.9 Å². The standard InChI is InChI=1S/C5H11BIO7P/c6-5-3(9)4(2(1-8)12-5)13-15(10,11)14-7/h2-5,8-9H,1,6H2,(H,10,11)/t2-,3?,4?,5-/m1/s1. The monoisotopic (exact) mass is 352 g/mol. The summed E-state index contributed by atoms with van der Waals surface area (Å²) in [5, 5.41) is 18.5. The molecule has 7 nitrogen and oxygen atoms in total. The van der Waals surface area contributed by atoms with Crippen molar-refractivity contribution in [1.29, 1.82) is 0 Å². The van der Waals surface area contributed by atoms with E-state index in [1.165, 1.54) is 23.0 Å². The van der Waals surface area contributed by atoms with Crippen molar-refractivity contribution < 1.29 is 31.8 Å². The third-order valence-corrected chi connectivity index (χ3v) is 4.27. The lowest BCUT2D eigenvalue weighted by Crippen LogP contribution is -2.36. The number of hydrogen-bond donors (Lipinski definition) is 3. The second-order valence-electron chi connectivity index (χ2n) is 3.16. The van der Waals surface area contributed by atoms with Gasteiger partial charge in [0.1, 0.15) is 49.2 Å². The van der Waals surface area contributed by atoms with Gasteiger partial charge in [-0.1, -0.05) is 0 Å². The highest BCUT2D eigenvalue weighted by molar-refractivity contribution is 14.1. The van der Waals surface area contributed by atoms with Crippen molar-refractivity contribution in [2.24, 2.45) is 0 Å². The quantitative estimate of drug-likeness (QED) is 0.323. The molecule has 15 heavy (non-hydrogen) atoms. The Kier molecular flexibility index (Phi) is 5.00. The number of ether oxygens (including phenoxy) is 1. The lowest BCUT2D eigenvalue weighted by Gasteiger charge is -2.20. The zero-order valence-corrected chi connectivity index (χ0v) is 10.9. The SMILES string of the molecule is B[C@@H]1O[C@H](CO)C(OP(=O)(O)OI)C1O. The van der Waals surface area contributed by atoms with Gasteiger partial charge in [-0.2, -0.15) is 0 Å². The van der Waals surface area contributed by atoms with Crippen LogP contribution in [0.25, 0.3) is 0 Å². The van der Waals surface area contributed by atoms with Crippen LogP contribution < -0.4 is 0 Å². The topological polar surface area (TPSA) is 105 Å². The molecule has 0 spiro atoms. The number of rotatable bonds is 4. The molecule has 3 N–H and O–H groups in total. The third-order valence-electron chi connectivity index (χ3n) is 2.10. The van der Waals surface area contributed by atoms with Crippen LogP contribution in [0.1, 0.15) is 0 Å². The maximum Gasteiger partial charge on any atom is 0.482 e. The first-order valence-corrected chi connectivity index (χ1v) is 6.55. The Balaban J connectivity index is 2.70. The Morgan fingerprint density at radius 3 is 2.67 bits per heavy atom. The van der Waals surface area contributed by atoms with Gasteiger partial charge in [-0.05, 0) is 0 Å².